The molecule has 0 spiro atoms. The van der Waals surface area contributed by atoms with Crippen LogP contribution in [-0.2, 0) is 14.3 Å². The summed E-state index contributed by atoms with van der Waals surface area (Å²) in [5, 5.41) is 14.2. The van der Waals surface area contributed by atoms with Gasteiger partial charge in [0.1, 0.15) is 12.6 Å². The quantitative estimate of drug-likeness (QED) is 0.608. The highest BCUT2D eigenvalue weighted by Crippen LogP contribution is 2.44. The highest BCUT2D eigenvalue weighted by Gasteiger charge is 2.32. The summed E-state index contributed by atoms with van der Waals surface area (Å²) >= 11 is 0. The first-order valence-corrected chi connectivity index (χ1v) is 10.7. The van der Waals surface area contributed by atoms with E-state index in [1.807, 2.05) is 57.2 Å². The van der Waals surface area contributed by atoms with Gasteiger partial charge >= 0.3 is 12.1 Å². The van der Waals surface area contributed by atoms with Crippen molar-refractivity contribution in [2.75, 3.05) is 6.61 Å². The zero-order valence-electron chi connectivity index (χ0n) is 18.8. The summed E-state index contributed by atoms with van der Waals surface area (Å²) < 4.78 is 5.59. The first kappa shape index (κ1) is 23.3. The molecule has 0 radical (unpaired) electrons. The van der Waals surface area contributed by atoms with Crippen molar-refractivity contribution in [2.45, 2.75) is 52.1 Å². The zero-order chi connectivity index (χ0) is 23.5. The lowest BCUT2D eigenvalue weighted by Crippen LogP contribution is -2.48. The maximum Gasteiger partial charge on any atom is 0.407 e. The number of carbonyl (C=O) groups is 3. The van der Waals surface area contributed by atoms with E-state index in [1.165, 1.54) is 6.92 Å². The molecule has 3 rings (SSSR count). The first-order valence-electron chi connectivity index (χ1n) is 10.7. The van der Waals surface area contributed by atoms with Gasteiger partial charge in [-0.2, -0.15) is 0 Å². The van der Waals surface area contributed by atoms with Crippen LogP contribution < -0.4 is 10.6 Å². The molecule has 1 aliphatic rings. The molecule has 32 heavy (non-hydrogen) atoms. The topological polar surface area (TPSA) is 105 Å². The van der Waals surface area contributed by atoms with Crippen LogP contribution in [0.25, 0.3) is 11.1 Å². The second-order valence-corrected chi connectivity index (χ2v) is 9.22. The Labute approximate surface area is 188 Å². The van der Waals surface area contributed by atoms with E-state index in [0.29, 0.717) is 0 Å². The molecule has 2 amide bonds. The van der Waals surface area contributed by atoms with Crippen molar-refractivity contribution in [1.82, 2.24) is 10.6 Å². The van der Waals surface area contributed by atoms with Gasteiger partial charge in [-0.1, -0.05) is 69.3 Å². The van der Waals surface area contributed by atoms with Crippen LogP contribution in [0.4, 0.5) is 4.79 Å². The van der Waals surface area contributed by atoms with E-state index < -0.39 is 35.5 Å². The second-order valence-electron chi connectivity index (χ2n) is 9.22. The molecule has 2 atom stereocenters. The largest absolute Gasteiger partial charge is 0.480 e. The molecule has 7 heteroatoms. The molecule has 0 bridgehead atoms. The van der Waals surface area contributed by atoms with Crippen molar-refractivity contribution in [3.05, 3.63) is 59.7 Å². The maximum absolute atomic E-state index is 12.6. The number of aliphatic carboxylic acids is 1. The van der Waals surface area contributed by atoms with Gasteiger partial charge in [-0.15, -0.1) is 0 Å². The third-order valence-electron chi connectivity index (χ3n) is 5.82. The number of ether oxygens (including phenoxy) is 1. The van der Waals surface area contributed by atoms with Crippen LogP contribution in [0.15, 0.2) is 48.5 Å². The number of alkyl carbamates (subject to hydrolysis) is 1. The molecule has 3 N–H and O–H groups in total. The first-order chi connectivity index (χ1) is 15.1. The van der Waals surface area contributed by atoms with Gasteiger partial charge < -0.3 is 20.5 Å². The molecule has 0 heterocycles. The number of carboxylic acids is 1. The Kier molecular flexibility index (Phi) is 6.87. The minimum atomic E-state index is -1.12. The summed E-state index contributed by atoms with van der Waals surface area (Å²) in [5.41, 5.74) is 4.10. The molecule has 0 aromatic heterocycles. The highest BCUT2D eigenvalue weighted by molar-refractivity contribution is 5.84. The molecule has 0 saturated carbocycles. The van der Waals surface area contributed by atoms with Gasteiger partial charge in [-0.05, 0) is 34.6 Å². The van der Waals surface area contributed by atoms with Crippen LogP contribution in [0.2, 0.25) is 0 Å². The van der Waals surface area contributed by atoms with Gasteiger partial charge in [0.25, 0.3) is 0 Å². The molecule has 1 unspecified atom stereocenters. The van der Waals surface area contributed by atoms with E-state index in [1.54, 1.807) is 0 Å². The van der Waals surface area contributed by atoms with Crippen molar-refractivity contribution in [2.24, 2.45) is 5.41 Å². The summed E-state index contributed by atoms with van der Waals surface area (Å²) in [6.07, 6.45) is -0.656. The predicted molar refractivity (Wildman–Crippen MR) is 121 cm³/mol. The monoisotopic (exact) mass is 438 g/mol. The van der Waals surface area contributed by atoms with E-state index in [2.05, 4.69) is 22.8 Å². The third-order valence-corrected chi connectivity index (χ3v) is 5.82. The summed E-state index contributed by atoms with van der Waals surface area (Å²) in [6, 6.07) is 14.7. The maximum atomic E-state index is 12.6. The second kappa shape index (κ2) is 9.42. The fraction of sp³-hybridized carbons (Fsp3) is 0.400. The van der Waals surface area contributed by atoms with Crippen LogP contribution >= 0.6 is 0 Å². The van der Waals surface area contributed by atoms with Crippen LogP contribution in [0.3, 0.4) is 0 Å². The molecule has 0 aliphatic heterocycles. The van der Waals surface area contributed by atoms with E-state index in [-0.39, 0.29) is 18.9 Å². The number of hydrogen-bond acceptors (Lipinski definition) is 4. The molecule has 1 aliphatic carbocycles. The van der Waals surface area contributed by atoms with Gasteiger partial charge in [0.2, 0.25) is 5.91 Å². The highest BCUT2D eigenvalue weighted by atomic mass is 16.5. The number of hydrogen-bond donors (Lipinski definition) is 3. The molecule has 2 aromatic rings. The number of benzene rings is 2. The van der Waals surface area contributed by atoms with E-state index in [9.17, 15) is 14.4 Å². The lowest BCUT2D eigenvalue weighted by molar-refractivity contribution is -0.141. The minimum absolute atomic E-state index is 0.0503. The SMILES string of the molecule is C[C@@H](NC(=O)CC(NC(=O)OCC1c2ccccc2-c2ccccc21)C(C)(C)C)C(=O)O. The van der Waals surface area contributed by atoms with Crippen LogP contribution in [0.1, 0.15) is 51.2 Å². The van der Waals surface area contributed by atoms with E-state index >= 15 is 0 Å². The Morgan fingerprint density at radius 2 is 1.50 bits per heavy atom. The van der Waals surface area contributed by atoms with E-state index in [4.69, 9.17) is 9.84 Å². The fourth-order valence-corrected chi connectivity index (χ4v) is 3.90. The molecule has 2 aromatic carbocycles. The Bertz CT molecular complexity index is 966. The van der Waals surface area contributed by atoms with Gasteiger partial charge in [0, 0.05) is 18.4 Å². The van der Waals surface area contributed by atoms with Gasteiger partial charge in [-0.3, -0.25) is 9.59 Å². The third kappa shape index (κ3) is 5.28. The summed E-state index contributed by atoms with van der Waals surface area (Å²) in [4.78, 5) is 35.9. The molecule has 0 saturated heterocycles. The van der Waals surface area contributed by atoms with E-state index in [0.717, 1.165) is 22.3 Å². The van der Waals surface area contributed by atoms with Gasteiger partial charge in [-0.25, -0.2) is 4.79 Å². The zero-order valence-corrected chi connectivity index (χ0v) is 18.8. The van der Waals surface area contributed by atoms with Crippen molar-refractivity contribution in [3.63, 3.8) is 0 Å². The number of rotatable bonds is 7. The van der Waals surface area contributed by atoms with Crippen molar-refractivity contribution in [1.29, 1.82) is 0 Å². The van der Waals surface area contributed by atoms with Crippen LogP contribution in [0, 0.1) is 5.41 Å². The lowest BCUT2D eigenvalue weighted by Gasteiger charge is -2.31. The fourth-order valence-electron chi connectivity index (χ4n) is 3.90. The number of carboxylic acid groups (broad SMARTS) is 1. The molecular formula is C25H30N2O5. The normalized spacial score (nSPS) is 14.6. The number of nitrogens with one attached hydrogen (secondary N) is 2. The summed E-state index contributed by atoms with van der Waals surface area (Å²) in [5.74, 6) is -1.62. The van der Waals surface area contributed by atoms with Crippen LogP contribution in [0.5, 0.6) is 0 Å². The number of carbonyl (C=O) groups excluding carboxylic acids is 2. The average molecular weight is 439 g/mol. The van der Waals surface area contributed by atoms with Gasteiger partial charge in [0.05, 0.1) is 0 Å². The Morgan fingerprint density at radius 1 is 0.969 bits per heavy atom. The van der Waals surface area contributed by atoms with Crippen molar-refractivity contribution >= 4 is 18.0 Å². The molecule has 7 nitrogen and oxygen atoms in total. The smallest absolute Gasteiger partial charge is 0.407 e. The summed E-state index contributed by atoms with van der Waals surface area (Å²) in [6.45, 7) is 7.27. The molecular weight excluding hydrogens is 408 g/mol. The average Bonchev–Trinajstić information content (AvgIpc) is 3.05. The van der Waals surface area contributed by atoms with Crippen molar-refractivity contribution in [3.8, 4) is 11.1 Å². The standard InChI is InChI=1S/C25H30N2O5/c1-15(23(29)30)26-22(28)13-21(25(2,3)4)27-24(31)32-14-20-18-11-7-5-9-16(18)17-10-6-8-12-19(17)20/h5-12,15,20-21H,13-14H2,1-4H3,(H,26,28)(H,27,31)(H,29,30)/t15-,21?/m1/s1. The number of fused-ring (bicyclic) bond motifs is 3. The van der Waals surface area contributed by atoms with Gasteiger partial charge in [0.15, 0.2) is 0 Å². The lowest BCUT2D eigenvalue weighted by atomic mass is 9.84. The Balaban J connectivity index is 1.65. The van der Waals surface area contributed by atoms with Crippen LogP contribution in [-0.4, -0.2) is 41.8 Å². The predicted octanol–water partition coefficient (Wildman–Crippen LogP) is 3.92. The summed E-state index contributed by atoms with van der Waals surface area (Å²) in [7, 11) is 0. The Morgan fingerprint density at radius 3 is 2.00 bits per heavy atom. The molecule has 0 fully saturated rings. The Hall–Kier alpha value is -3.35. The minimum Gasteiger partial charge on any atom is -0.480 e. The number of amides is 2. The molecule has 170 valence electrons. The van der Waals surface area contributed by atoms with Crippen molar-refractivity contribution < 1.29 is 24.2 Å².